The summed E-state index contributed by atoms with van der Waals surface area (Å²) < 4.78 is 28.8. The van der Waals surface area contributed by atoms with Gasteiger partial charge in [0.05, 0.1) is 12.0 Å². The van der Waals surface area contributed by atoms with Gasteiger partial charge in [0.25, 0.3) is 0 Å². The summed E-state index contributed by atoms with van der Waals surface area (Å²) in [6, 6.07) is 5.67. The van der Waals surface area contributed by atoms with Crippen molar-refractivity contribution in [3.05, 3.63) is 24.3 Å². The highest BCUT2D eigenvalue weighted by atomic mass is 19.3. The minimum absolute atomic E-state index is 0.0450. The van der Waals surface area contributed by atoms with Crippen molar-refractivity contribution in [2.24, 2.45) is 5.92 Å². The van der Waals surface area contributed by atoms with E-state index in [4.69, 9.17) is 5.11 Å². The van der Waals surface area contributed by atoms with Crippen molar-refractivity contribution in [1.82, 2.24) is 4.90 Å². The Morgan fingerprint density at radius 3 is 2.52 bits per heavy atom. The fraction of sp³-hybridized carbons (Fsp3) is 0.529. The van der Waals surface area contributed by atoms with E-state index < -0.39 is 18.5 Å². The Balaban J connectivity index is 1.69. The summed E-state index contributed by atoms with van der Waals surface area (Å²) in [6.45, 7) is -1.34. The normalized spacial score (nSPS) is 24.8. The number of hydrogen-bond acceptors (Lipinski definition) is 4. The highest BCUT2D eigenvalue weighted by molar-refractivity contribution is 5.98. The zero-order valence-electron chi connectivity index (χ0n) is 13.6. The molecule has 2 atom stereocenters. The van der Waals surface area contributed by atoms with Gasteiger partial charge < -0.3 is 14.7 Å². The number of alkyl halides is 2. The number of carboxylic acids is 1. The molecule has 1 amide bonds. The minimum Gasteiger partial charge on any atom is -0.481 e. The fourth-order valence-corrected chi connectivity index (χ4v) is 3.53. The lowest BCUT2D eigenvalue weighted by Gasteiger charge is -2.36. The average Bonchev–Trinajstić information content (AvgIpc) is 3.05. The number of halogens is 2. The number of aliphatic carboxylic acids is 1. The van der Waals surface area contributed by atoms with Crippen molar-refractivity contribution < 1.29 is 28.2 Å². The summed E-state index contributed by atoms with van der Waals surface area (Å²) in [4.78, 5) is 27.5. The molecule has 0 radical (unpaired) electrons. The second-order valence-electron chi connectivity index (χ2n) is 6.34. The molecule has 25 heavy (non-hydrogen) atoms. The average molecular weight is 354 g/mol. The van der Waals surface area contributed by atoms with E-state index in [1.165, 1.54) is 12.1 Å². The van der Waals surface area contributed by atoms with Gasteiger partial charge in [-0.1, -0.05) is 0 Å². The van der Waals surface area contributed by atoms with Crippen molar-refractivity contribution in [2.45, 2.75) is 31.9 Å². The fourth-order valence-electron chi connectivity index (χ4n) is 3.53. The van der Waals surface area contributed by atoms with E-state index in [-0.39, 0.29) is 17.7 Å². The lowest BCUT2D eigenvalue weighted by Crippen LogP contribution is -2.52. The van der Waals surface area contributed by atoms with Crippen molar-refractivity contribution in [1.29, 1.82) is 0 Å². The van der Waals surface area contributed by atoms with E-state index in [9.17, 15) is 18.4 Å². The molecule has 0 saturated carbocycles. The largest absolute Gasteiger partial charge is 0.481 e. The number of anilines is 1. The molecule has 2 aliphatic heterocycles. The van der Waals surface area contributed by atoms with E-state index in [0.29, 0.717) is 38.2 Å². The maximum atomic E-state index is 12.8. The molecule has 1 aromatic carbocycles. The summed E-state index contributed by atoms with van der Waals surface area (Å²) in [6.07, 6.45) is 2.06. The third-order valence-corrected chi connectivity index (χ3v) is 4.79. The molecule has 0 bridgehead atoms. The first kappa shape index (κ1) is 17.6. The van der Waals surface area contributed by atoms with Gasteiger partial charge in [-0.15, -0.1) is 0 Å². The molecule has 8 heteroatoms. The van der Waals surface area contributed by atoms with Crippen LogP contribution in [0.3, 0.4) is 0 Å². The number of nitrogens with zero attached hydrogens (tertiary/aromatic N) is 2. The van der Waals surface area contributed by atoms with Crippen molar-refractivity contribution >= 4 is 17.6 Å². The summed E-state index contributed by atoms with van der Waals surface area (Å²) in [7, 11) is 0. The maximum absolute atomic E-state index is 12.8. The summed E-state index contributed by atoms with van der Waals surface area (Å²) in [5.41, 5.74) is 0.630. The van der Waals surface area contributed by atoms with Gasteiger partial charge in [0.1, 0.15) is 5.75 Å². The van der Waals surface area contributed by atoms with E-state index in [0.717, 1.165) is 6.42 Å². The van der Waals surface area contributed by atoms with Crippen LogP contribution in [0.15, 0.2) is 24.3 Å². The Hall–Kier alpha value is -2.22. The summed E-state index contributed by atoms with van der Waals surface area (Å²) in [5, 5.41) is 9.13. The highest BCUT2D eigenvalue weighted by Crippen LogP contribution is 2.29. The Morgan fingerprint density at radius 1 is 1.20 bits per heavy atom. The Kier molecular flexibility index (Phi) is 5.17. The predicted molar refractivity (Wildman–Crippen MR) is 85.8 cm³/mol. The van der Waals surface area contributed by atoms with Crippen LogP contribution in [-0.2, 0) is 9.59 Å². The number of piperidine rings is 1. The molecule has 0 spiro atoms. The second-order valence-corrected chi connectivity index (χ2v) is 6.34. The maximum Gasteiger partial charge on any atom is 0.387 e. The van der Waals surface area contributed by atoms with Crippen LogP contribution in [0, 0.1) is 5.92 Å². The van der Waals surface area contributed by atoms with Gasteiger partial charge >= 0.3 is 12.6 Å². The van der Waals surface area contributed by atoms with Crippen LogP contribution in [0.1, 0.15) is 19.3 Å². The van der Waals surface area contributed by atoms with Crippen molar-refractivity contribution in [3.63, 3.8) is 0 Å². The quantitative estimate of drug-likeness (QED) is 0.878. The zero-order chi connectivity index (χ0) is 18.0. The highest BCUT2D eigenvalue weighted by Gasteiger charge is 2.39. The van der Waals surface area contributed by atoms with Crippen LogP contribution in [0.2, 0.25) is 0 Å². The minimum atomic E-state index is -2.89. The van der Waals surface area contributed by atoms with Crippen LogP contribution in [0.4, 0.5) is 14.5 Å². The molecule has 2 unspecified atom stereocenters. The first-order valence-corrected chi connectivity index (χ1v) is 8.29. The molecule has 2 aliphatic rings. The third kappa shape index (κ3) is 3.89. The first-order valence-electron chi connectivity index (χ1n) is 8.29. The second kappa shape index (κ2) is 7.35. The van der Waals surface area contributed by atoms with Crippen molar-refractivity contribution in [3.8, 4) is 5.75 Å². The van der Waals surface area contributed by atoms with Gasteiger partial charge in [0, 0.05) is 18.8 Å². The van der Waals surface area contributed by atoms with Crippen LogP contribution in [-0.4, -0.2) is 54.2 Å². The summed E-state index contributed by atoms with van der Waals surface area (Å²) in [5.74, 6) is -1.27. The Bertz CT molecular complexity index is 638. The predicted octanol–water partition coefficient (Wildman–Crippen LogP) is 2.19. The third-order valence-electron chi connectivity index (χ3n) is 4.79. The molecule has 3 rings (SSSR count). The molecule has 1 N–H and O–H groups in total. The molecule has 1 aromatic rings. The number of rotatable bonds is 5. The molecule has 0 aliphatic carbocycles. The standard InChI is InChI=1S/C17H20F2N2O4/c18-17(19)25-13-5-3-12(4-6-13)21-8-1-2-14(15(21)22)20-9-7-11(10-20)16(23)24/h3-6,11,14,17H,1-2,7-10H2,(H,23,24). The van der Waals surface area contributed by atoms with Crippen LogP contribution in [0.25, 0.3) is 0 Å². The van der Waals surface area contributed by atoms with Gasteiger partial charge in [0.15, 0.2) is 0 Å². The van der Waals surface area contributed by atoms with Gasteiger partial charge in [-0.25, -0.2) is 0 Å². The first-order chi connectivity index (χ1) is 12.0. The number of amides is 1. The van der Waals surface area contributed by atoms with E-state index >= 15 is 0 Å². The van der Waals surface area contributed by atoms with Crippen LogP contribution >= 0.6 is 0 Å². The van der Waals surface area contributed by atoms with Gasteiger partial charge in [-0.2, -0.15) is 8.78 Å². The number of ether oxygens (including phenoxy) is 1. The smallest absolute Gasteiger partial charge is 0.387 e. The van der Waals surface area contributed by atoms with E-state index in [2.05, 4.69) is 4.74 Å². The monoisotopic (exact) mass is 354 g/mol. The molecular formula is C17H20F2N2O4. The van der Waals surface area contributed by atoms with E-state index in [1.807, 2.05) is 4.90 Å². The number of benzene rings is 1. The molecule has 2 saturated heterocycles. The lowest BCUT2D eigenvalue weighted by molar-refractivity contribution is -0.141. The number of likely N-dealkylation sites (tertiary alicyclic amines) is 1. The number of carbonyl (C=O) groups excluding carboxylic acids is 1. The van der Waals surface area contributed by atoms with Crippen molar-refractivity contribution in [2.75, 3.05) is 24.5 Å². The van der Waals surface area contributed by atoms with Gasteiger partial charge in [-0.3, -0.25) is 14.5 Å². The Morgan fingerprint density at radius 2 is 1.92 bits per heavy atom. The van der Waals surface area contributed by atoms with Crippen LogP contribution in [0.5, 0.6) is 5.75 Å². The Labute approximate surface area is 144 Å². The van der Waals surface area contributed by atoms with E-state index in [1.54, 1.807) is 17.0 Å². The molecule has 2 heterocycles. The van der Waals surface area contributed by atoms with Gasteiger partial charge in [0.2, 0.25) is 5.91 Å². The lowest BCUT2D eigenvalue weighted by atomic mass is 10.0. The molecule has 0 aromatic heterocycles. The topological polar surface area (TPSA) is 70.1 Å². The molecule has 6 nitrogen and oxygen atoms in total. The SMILES string of the molecule is O=C(O)C1CCN(C2CCCN(c3ccc(OC(F)F)cc3)C2=O)C1. The molecule has 136 valence electrons. The summed E-state index contributed by atoms with van der Waals surface area (Å²) >= 11 is 0. The zero-order valence-corrected chi connectivity index (χ0v) is 13.6. The van der Waals surface area contributed by atoms with Gasteiger partial charge in [-0.05, 0) is 50.1 Å². The number of hydrogen-bond donors (Lipinski definition) is 1. The number of carboxylic acid groups (broad SMARTS) is 1. The molecule has 2 fully saturated rings. The van der Waals surface area contributed by atoms with Crippen LogP contribution < -0.4 is 9.64 Å². The number of carbonyl (C=O) groups is 2. The molecular weight excluding hydrogens is 334 g/mol.